The number of ether oxygens (including phenoxy) is 2. The highest BCUT2D eigenvalue weighted by molar-refractivity contribution is 5.62. The van der Waals surface area contributed by atoms with E-state index in [-0.39, 0.29) is 34.0 Å². The van der Waals surface area contributed by atoms with Gasteiger partial charge in [0, 0.05) is 24.0 Å². The number of benzene rings is 1. The normalized spacial score (nSPS) is 44.9. The number of phenols is 1. The number of rotatable bonds is 2. The van der Waals surface area contributed by atoms with Gasteiger partial charge in [-0.3, -0.25) is 0 Å². The van der Waals surface area contributed by atoms with E-state index in [2.05, 4.69) is 26.8 Å². The smallest absolute Gasteiger partial charge is 0.165 e. The highest BCUT2D eigenvalue weighted by Crippen LogP contribution is 2.79. The Morgan fingerprint density at radius 3 is 2.60 bits per heavy atom. The number of aliphatic hydroxyl groups is 1. The van der Waals surface area contributed by atoms with E-state index < -0.39 is 11.2 Å². The van der Waals surface area contributed by atoms with Crippen molar-refractivity contribution in [3.8, 4) is 11.5 Å². The molecule has 2 spiro atoms. The molecule has 4 heteroatoms. The molecule has 0 amide bonds. The van der Waals surface area contributed by atoms with Crippen molar-refractivity contribution >= 4 is 0 Å². The van der Waals surface area contributed by atoms with Crippen LogP contribution in [0.5, 0.6) is 11.5 Å². The van der Waals surface area contributed by atoms with Crippen LogP contribution in [0.3, 0.4) is 0 Å². The molecular weight excluding hydrogens is 376 g/mol. The van der Waals surface area contributed by atoms with Crippen LogP contribution in [-0.4, -0.2) is 34.6 Å². The third-order valence-electron chi connectivity index (χ3n) is 10.8. The molecule has 0 aromatic heterocycles. The molecule has 0 radical (unpaired) electrons. The van der Waals surface area contributed by atoms with E-state index in [9.17, 15) is 10.2 Å². The Hall–Kier alpha value is -1.26. The van der Waals surface area contributed by atoms with Gasteiger partial charge in [-0.15, -0.1) is 0 Å². The summed E-state index contributed by atoms with van der Waals surface area (Å²) >= 11 is 0. The number of fused-ring (bicyclic) bond motifs is 2. The molecule has 6 aliphatic rings. The van der Waals surface area contributed by atoms with Crippen LogP contribution in [0.4, 0.5) is 0 Å². The Bertz CT molecular complexity index is 930. The molecule has 0 saturated heterocycles. The number of hydrogen-bond acceptors (Lipinski definition) is 4. The van der Waals surface area contributed by atoms with E-state index in [1.807, 2.05) is 20.1 Å². The van der Waals surface area contributed by atoms with Gasteiger partial charge in [-0.2, -0.15) is 0 Å². The molecule has 4 saturated carbocycles. The van der Waals surface area contributed by atoms with Crippen LogP contribution in [0, 0.1) is 22.7 Å². The summed E-state index contributed by atoms with van der Waals surface area (Å²) in [7, 11) is 1.82. The molecule has 4 fully saturated rings. The largest absolute Gasteiger partial charge is 0.504 e. The standard InChI is InChI=1S/C26H36O4/c1-22(2,3)23(4,28)18-14-24-11-12-26(18,29-5)21-25(24)10-6-7-16(24)13-15-8-9-17(27)20(30-21)19(15)25/h8-9,16,18,21,27-28H,6-7,10-14H2,1-5H3. The summed E-state index contributed by atoms with van der Waals surface area (Å²) in [6.07, 6.45) is 7.56. The Balaban J connectivity index is 1.65. The minimum absolute atomic E-state index is 0.000445. The molecule has 2 N–H and O–H groups in total. The second kappa shape index (κ2) is 5.38. The van der Waals surface area contributed by atoms with Crippen molar-refractivity contribution in [1.29, 1.82) is 0 Å². The first-order valence-electron chi connectivity index (χ1n) is 11.8. The van der Waals surface area contributed by atoms with Crippen molar-refractivity contribution in [3.05, 3.63) is 23.3 Å². The topological polar surface area (TPSA) is 58.9 Å². The molecule has 1 heterocycles. The molecule has 7 atom stereocenters. The van der Waals surface area contributed by atoms with Crippen molar-refractivity contribution < 1.29 is 19.7 Å². The summed E-state index contributed by atoms with van der Waals surface area (Å²) in [4.78, 5) is 0. The van der Waals surface area contributed by atoms with Gasteiger partial charge >= 0.3 is 0 Å². The molecule has 30 heavy (non-hydrogen) atoms. The van der Waals surface area contributed by atoms with E-state index >= 15 is 0 Å². The molecule has 4 bridgehead atoms. The highest BCUT2D eigenvalue weighted by Gasteiger charge is 2.81. The number of phenolic OH excluding ortho intramolecular Hbond substituents is 1. The zero-order valence-corrected chi connectivity index (χ0v) is 19.0. The van der Waals surface area contributed by atoms with Crippen LogP contribution in [0.1, 0.15) is 77.3 Å². The first-order chi connectivity index (χ1) is 14.1. The van der Waals surface area contributed by atoms with Crippen molar-refractivity contribution in [2.24, 2.45) is 22.7 Å². The molecule has 7 rings (SSSR count). The van der Waals surface area contributed by atoms with Crippen LogP contribution in [0.25, 0.3) is 0 Å². The average molecular weight is 413 g/mol. The Morgan fingerprint density at radius 1 is 1.13 bits per heavy atom. The van der Waals surface area contributed by atoms with Crippen LogP contribution in [0.15, 0.2) is 12.1 Å². The summed E-state index contributed by atoms with van der Waals surface area (Å²) in [6.45, 7) is 8.44. The zero-order valence-electron chi connectivity index (χ0n) is 19.0. The number of hydrogen-bond donors (Lipinski definition) is 2. The molecular formula is C26H36O4. The maximum Gasteiger partial charge on any atom is 0.165 e. The molecule has 1 aromatic carbocycles. The van der Waals surface area contributed by atoms with Crippen LogP contribution in [0.2, 0.25) is 0 Å². The van der Waals surface area contributed by atoms with Crippen molar-refractivity contribution in [3.63, 3.8) is 0 Å². The van der Waals surface area contributed by atoms with Gasteiger partial charge in [0.25, 0.3) is 0 Å². The van der Waals surface area contributed by atoms with Crippen molar-refractivity contribution in [2.45, 2.75) is 95.4 Å². The summed E-state index contributed by atoms with van der Waals surface area (Å²) in [6, 6.07) is 3.96. The fourth-order valence-electron chi connectivity index (χ4n) is 8.97. The molecule has 7 unspecified atom stereocenters. The first kappa shape index (κ1) is 19.4. The van der Waals surface area contributed by atoms with Crippen molar-refractivity contribution in [2.75, 3.05) is 7.11 Å². The van der Waals surface area contributed by atoms with Gasteiger partial charge in [0.2, 0.25) is 0 Å². The van der Waals surface area contributed by atoms with Gasteiger partial charge in [-0.05, 0) is 73.8 Å². The second-order valence-electron chi connectivity index (χ2n) is 12.2. The van der Waals surface area contributed by atoms with Crippen LogP contribution in [-0.2, 0) is 16.6 Å². The third kappa shape index (κ3) is 1.78. The maximum atomic E-state index is 12.0. The van der Waals surface area contributed by atoms with E-state index in [0.29, 0.717) is 11.7 Å². The summed E-state index contributed by atoms with van der Waals surface area (Å²) in [5.74, 6) is 1.59. The maximum absolute atomic E-state index is 12.0. The Morgan fingerprint density at radius 2 is 1.90 bits per heavy atom. The zero-order chi connectivity index (χ0) is 21.3. The quantitative estimate of drug-likeness (QED) is 0.737. The monoisotopic (exact) mass is 412 g/mol. The number of methoxy groups -OCH3 is 1. The van der Waals surface area contributed by atoms with Gasteiger partial charge in [-0.25, -0.2) is 0 Å². The van der Waals surface area contributed by atoms with E-state index in [1.165, 1.54) is 24.0 Å². The van der Waals surface area contributed by atoms with Gasteiger partial charge in [0.15, 0.2) is 11.5 Å². The van der Waals surface area contributed by atoms with Crippen LogP contribution >= 0.6 is 0 Å². The minimum atomic E-state index is -0.882. The van der Waals surface area contributed by atoms with Gasteiger partial charge in [0.05, 0.1) is 5.60 Å². The molecule has 1 aromatic rings. The lowest BCUT2D eigenvalue weighted by Crippen LogP contribution is -2.80. The minimum Gasteiger partial charge on any atom is -0.504 e. The second-order valence-corrected chi connectivity index (χ2v) is 12.2. The average Bonchev–Trinajstić information content (AvgIpc) is 3.05. The predicted molar refractivity (Wildman–Crippen MR) is 115 cm³/mol. The van der Waals surface area contributed by atoms with Gasteiger partial charge in [0.1, 0.15) is 11.7 Å². The Labute approximate surface area is 180 Å². The van der Waals surface area contributed by atoms with E-state index in [1.54, 1.807) is 0 Å². The molecule has 1 aliphatic heterocycles. The fraction of sp³-hybridized carbons (Fsp3) is 0.769. The van der Waals surface area contributed by atoms with E-state index in [4.69, 9.17) is 9.47 Å². The number of aromatic hydroxyl groups is 1. The Kier molecular flexibility index (Phi) is 3.48. The lowest BCUT2D eigenvalue weighted by atomic mass is 9.31. The van der Waals surface area contributed by atoms with Crippen LogP contribution < -0.4 is 4.74 Å². The van der Waals surface area contributed by atoms with Gasteiger partial charge < -0.3 is 19.7 Å². The first-order valence-corrected chi connectivity index (χ1v) is 11.8. The molecule has 164 valence electrons. The summed E-state index contributed by atoms with van der Waals surface area (Å²) in [5.41, 5.74) is 1.01. The third-order valence-corrected chi connectivity index (χ3v) is 10.8. The highest BCUT2D eigenvalue weighted by atomic mass is 16.6. The van der Waals surface area contributed by atoms with Crippen molar-refractivity contribution in [1.82, 2.24) is 0 Å². The predicted octanol–water partition coefficient (Wildman–Crippen LogP) is 4.73. The lowest BCUT2D eigenvalue weighted by molar-refractivity contribution is -0.309. The van der Waals surface area contributed by atoms with Gasteiger partial charge in [-0.1, -0.05) is 33.3 Å². The van der Waals surface area contributed by atoms with E-state index in [0.717, 1.165) is 32.1 Å². The molecule has 5 aliphatic carbocycles. The summed E-state index contributed by atoms with van der Waals surface area (Å²) in [5, 5.41) is 22.8. The fourth-order valence-corrected chi connectivity index (χ4v) is 8.97. The molecule has 4 nitrogen and oxygen atoms in total. The SMILES string of the molecule is COC12CCC3(CC1C(C)(O)C(C)(C)C)C1CCCC34c3c(ccc(O)c3OC24)C1. The lowest BCUT2D eigenvalue weighted by Gasteiger charge is -2.74. The summed E-state index contributed by atoms with van der Waals surface area (Å²) < 4.78 is 13.3.